The molecule has 0 bridgehead atoms. The molecule has 1 aliphatic rings. The zero-order valence-corrected chi connectivity index (χ0v) is 19.2. The van der Waals surface area contributed by atoms with E-state index in [0.717, 1.165) is 47.7 Å². The second-order valence-corrected chi connectivity index (χ2v) is 10.8. The number of ether oxygens (including phenoxy) is 1. The SMILES string of the molecule is CS(=O)(=O)c1ccc(OCc2csc(C3CCN(c4nc5ccccc5o4)CC3)n2)cc1. The summed E-state index contributed by atoms with van der Waals surface area (Å²) in [5, 5.41) is 3.17. The zero-order valence-electron chi connectivity index (χ0n) is 17.6. The third-order valence-electron chi connectivity index (χ3n) is 5.61. The van der Waals surface area contributed by atoms with Crippen molar-refractivity contribution >= 4 is 38.3 Å². The molecule has 1 fully saturated rings. The monoisotopic (exact) mass is 469 g/mol. The number of thiazole rings is 1. The van der Waals surface area contributed by atoms with Crippen LogP contribution in [0, 0.1) is 0 Å². The lowest BCUT2D eigenvalue weighted by atomic mass is 9.98. The van der Waals surface area contributed by atoms with E-state index in [-0.39, 0.29) is 4.90 Å². The minimum atomic E-state index is -3.20. The molecule has 32 heavy (non-hydrogen) atoms. The quantitative estimate of drug-likeness (QED) is 0.406. The summed E-state index contributed by atoms with van der Waals surface area (Å²) in [4.78, 5) is 11.9. The number of anilines is 1. The number of nitrogens with zero attached hydrogens (tertiary/aromatic N) is 3. The minimum Gasteiger partial charge on any atom is -0.487 e. The number of piperidine rings is 1. The van der Waals surface area contributed by atoms with Crippen molar-refractivity contribution in [2.24, 2.45) is 0 Å². The first kappa shape index (κ1) is 21.0. The molecule has 3 heterocycles. The third-order valence-corrected chi connectivity index (χ3v) is 7.79. The summed E-state index contributed by atoms with van der Waals surface area (Å²) in [6.45, 7) is 2.13. The molecule has 4 aromatic rings. The Kier molecular flexibility index (Phi) is 5.60. The fourth-order valence-electron chi connectivity index (χ4n) is 3.83. The molecule has 0 radical (unpaired) electrons. The summed E-state index contributed by atoms with van der Waals surface area (Å²) in [6.07, 6.45) is 3.19. The zero-order chi connectivity index (χ0) is 22.1. The van der Waals surface area contributed by atoms with Gasteiger partial charge in [0.05, 0.1) is 15.6 Å². The summed E-state index contributed by atoms with van der Waals surface area (Å²) in [6, 6.07) is 15.0. The topological polar surface area (TPSA) is 85.5 Å². The molecule has 0 unspecified atom stereocenters. The first-order valence-corrected chi connectivity index (χ1v) is 13.2. The van der Waals surface area contributed by atoms with E-state index in [0.29, 0.717) is 24.3 Å². The Morgan fingerprint density at radius 3 is 2.56 bits per heavy atom. The summed E-state index contributed by atoms with van der Waals surface area (Å²) in [5.41, 5.74) is 2.60. The fourth-order valence-corrected chi connectivity index (χ4v) is 5.44. The van der Waals surface area contributed by atoms with Crippen molar-refractivity contribution in [1.29, 1.82) is 0 Å². The van der Waals surface area contributed by atoms with Crippen molar-refractivity contribution in [2.45, 2.75) is 30.3 Å². The number of benzene rings is 2. The van der Waals surface area contributed by atoms with Gasteiger partial charge in [-0.2, -0.15) is 4.98 Å². The highest BCUT2D eigenvalue weighted by atomic mass is 32.2. The number of hydrogen-bond acceptors (Lipinski definition) is 8. The molecule has 5 rings (SSSR count). The molecule has 0 aliphatic carbocycles. The molecule has 1 aliphatic heterocycles. The van der Waals surface area contributed by atoms with Gasteiger partial charge in [-0.25, -0.2) is 13.4 Å². The molecule has 2 aromatic carbocycles. The van der Waals surface area contributed by atoms with Gasteiger partial charge in [-0.15, -0.1) is 11.3 Å². The third kappa shape index (κ3) is 4.49. The molecule has 1 saturated heterocycles. The lowest BCUT2D eigenvalue weighted by molar-refractivity contribution is 0.301. The maximum absolute atomic E-state index is 11.6. The van der Waals surface area contributed by atoms with Gasteiger partial charge < -0.3 is 14.1 Å². The maximum Gasteiger partial charge on any atom is 0.298 e. The van der Waals surface area contributed by atoms with Crippen LogP contribution in [-0.2, 0) is 16.4 Å². The standard InChI is InChI=1S/C23H23N3O4S2/c1-32(27,28)19-8-6-18(7-9-19)29-14-17-15-31-22(24-17)16-10-12-26(13-11-16)23-25-20-4-2-3-5-21(20)30-23/h2-9,15-16H,10-14H2,1H3. The number of sulfone groups is 1. The largest absolute Gasteiger partial charge is 0.487 e. The van der Waals surface area contributed by atoms with Gasteiger partial charge in [0.15, 0.2) is 15.4 Å². The van der Waals surface area contributed by atoms with Crippen LogP contribution in [0.4, 0.5) is 6.01 Å². The number of aromatic nitrogens is 2. The van der Waals surface area contributed by atoms with E-state index >= 15 is 0 Å². The van der Waals surface area contributed by atoms with Crippen LogP contribution < -0.4 is 9.64 Å². The molecular formula is C23H23N3O4S2. The lowest BCUT2D eigenvalue weighted by Crippen LogP contribution is -2.33. The maximum atomic E-state index is 11.6. The van der Waals surface area contributed by atoms with Gasteiger partial charge in [-0.1, -0.05) is 12.1 Å². The van der Waals surface area contributed by atoms with Crippen molar-refractivity contribution < 1.29 is 17.6 Å². The Hall–Kier alpha value is -2.91. The van der Waals surface area contributed by atoms with Crippen LogP contribution in [0.25, 0.3) is 11.1 Å². The predicted octanol–water partition coefficient (Wildman–Crippen LogP) is 4.65. The molecule has 7 nitrogen and oxygen atoms in total. The van der Waals surface area contributed by atoms with Gasteiger partial charge >= 0.3 is 0 Å². The van der Waals surface area contributed by atoms with Crippen molar-refractivity contribution in [2.75, 3.05) is 24.2 Å². The van der Waals surface area contributed by atoms with E-state index in [9.17, 15) is 8.42 Å². The smallest absolute Gasteiger partial charge is 0.298 e. The Morgan fingerprint density at radius 1 is 1.09 bits per heavy atom. The van der Waals surface area contributed by atoms with Gasteiger partial charge in [0.2, 0.25) is 0 Å². The van der Waals surface area contributed by atoms with Crippen molar-refractivity contribution in [3.8, 4) is 5.75 Å². The highest BCUT2D eigenvalue weighted by Crippen LogP contribution is 2.33. The van der Waals surface area contributed by atoms with Gasteiger partial charge in [0.25, 0.3) is 6.01 Å². The van der Waals surface area contributed by atoms with Crippen molar-refractivity contribution in [3.05, 3.63) is 64.6 Å². The Morgan fingerprint density at radius 2 is 1.84 bits per heavy atom. The first-order chi connectivity index (χ1) is 15.5. The second-order valence-electron chi connectivity index (χ2n) is 7.93. The first-order valence-electron chi connectivity index (χ1n) is 10.4. The average molecular weight is 470 g/mol. The highest BCUT2D eigenvalue weighted by molar-refractivity contribution is 7.90. The number of fused-ring (bicyclic) bond motifs is 1. The van der Waals surface area contributed by atoms with E-state index in [2.05, 4.69) is 9.88 Å². The van der Waals surface area contributed by atoms with Crippen molar-refractivity contribution in [1.82, 2.24) is 9.97 Å². The molecule has 9 heteroatoms. The number of para-hydroxylation sites is 2. The highest BCUT2D eigenvalue weighted by Gasteiger charge is 2.25. The van der Waals surface area contributed by atoms with E-state index in [4.69, 9.17) is 14.1 Å². The molecule has 166 valence electrons. The average Bonchev–Trinajstić information content (AvgIpc) is 3.45. The van der Waals surface area contributed by atoms with Crippen LogP contribution in [0.15, 0.2) is 63.2 Å². The Balaban J connectivity index is 1.16. The summed E-state index contributed by atoms with van der Waals surface area (Å²) >= 11 is 1.67. The minimum absolute atomic E-state index is 0.282. The van der Waals surface area contributed by atoms with E-state index in [1.54, 1.807) is 35.6 Å². The summed E-state index contributed by atoms with van der Waals surface area (Å²) < 4.78 is 34.8. The van der Waals surface area contributed by atoms with Crippen LogP contribution in [0.2, 0.25) is 0 Å². The normalized spacial score (nSPS) is 15.3. The second kappa shape index (κ2) is 8.55. The van der Waals surface area contributed by atoms with E-state index < -0.39 is 9.84 Å². The van der Waals surface area contributed by atoms with Crippen LogP contribution in [0.3, 0.4) is 0 Å². The summed E-state index contributed by atoms with van der Waals surface area (Å²) in [5.74, 6) is 1.04. The molecule has 0 saturated carbocycles. The van der Waals surface area contributed by atoms with Gasteiger partial charge in [0.1, 0.15) is 17.9 Å². The van der Waals surface area contributed by atoms with Gasteiger partial charge in [0, 0.05) is 30.6 Å². The summed E-state index contributed by atoms with van der Waals surface area (Å²) in [7, 11) is -3.20. The number of rotatable bonds is 6. The van der Waals surface area contributed by atoms with Gasteiger partial charge in [-0.05, 0) is 49.2 Å². The lowest BCUT2D eigenvalue weighted by Gasteiger charge is -2.29. The van der Waals surface area contributed by atoms with E-state index in [1.165, 1.54) is 6.26 Å². The van der Waals surface area contributed by atoms with Crippen LogP contribution in [-0.4, -0.2) is 37.7 Å². The van der Waals surface area contributed by atoms with Crippen LogP contribution in [0.5, 0.6) is 5.75 Å². The molecular weight excluding hydrogens is 446 g/mol. The number of oxazole rings is 1. The molecule has 0 amide bonds. The predicted molar refractivity (Wildman–Crippen MR) is 124 cm³/mol. The molecule has 0 N–H and O–H groups in total. The fraction of sp³-hybridized carbons (Fsp3) is 0.304. The Bertz CT molecular complexity index is 1290. The van der Waals surface area contributed by atoms with Crippen LogP contribution >= 0.6 is 11.3 Å². The van der Waals surface area contributed by atoms with Crippen LogP contribution in [0.1, 0.15) is 29.5 Å². The molecule has 0 spiro atoms. The van der Waals surface area contributed by atoms with E-state index in [1.807, 2.05) is 29.6 Å². The van der Waals surface area contributed by atoms with Crippen molar-refractivity contribution in [3.63, 3.8) is 0 Å². The molecule has 2 aromatic heterocycles. The molecule has 0 atom stereocenters. The Labute approximate surface area is 190 Å². The van der Waals surface area contributed by atoms with Gasteiger partial charge in [-0.3, -0.25) is 0 Å². The number of hydrogen-bond donors (Lipinski definition) is 0.